The lowest BCUT2D eigenvalue weighted by Gasteiger charge is -2.10. The molecule has 168 valence electrons. The van der Waals surface area contributed by atoms with Crippen LogP contribution in [0.15, 0.2) is 34.9 Å². The maximum atomic E-state index is 11.9. The summed E-state index contributed by atoms with van der Waals surface area (Å²) < 4.78 is 8.51. The Morgan fingerprint density at radius 3 is 2.85 bits per heavy atom. The lowest BCUT2D eigenvalue weighted by Crippen LogP contribution is -2.27. The molecule has 1 N–H and O–H groups in total. The molecular weight excluding hydrogens is 464 g/mol. The van der Waals surface area contributed by atoms with Gasteiger partial charge in [-0.3, -0.25) is 19.1 Å². The number of aromatic nitrogens is 5. The monoisotopic (exact) mass is 482 g/mol. The summed E-state index contributed by atoms with van der Waals surface area (Å²) in [6, 6.07) is 7.12. The molecule has 1 fully saturated rings. The van der Waals surface area contributed by atoms with E-state index in [0.717, 1.165) is 33.2 Å². The first-order chi connectivity index (χ1) is 15.9. The van der Waals surface area contributed by atoms with Gasteiger partial charge in [-0.15, -0.1) is 21.5 Å². The number of thiazole rings is 1. The smallest absolute Gasteiger partial charge is 0.245 e. The highest BCUT2D eigenvalue weighted by Gasteiger charge is 2.34. The van der Waals surface area contributed by atoms with Crippen LogP contribution in [0.2, 0.25) is 0 Å². The van der Waals surface area contributed by atoms with Crippen molar-refractivity contribution in [1.82, 2.24) is 30.3 Å². The highest BCUT2D eigenvalue weighted by molar-refractivity contribution is 8.15. The van der Waals surface area contributed by atoms with Gasteiger partial charge in [0.1, 0.15) is 5.01 Å². The Bertz CT molecular complexity index is 1390. The molecule has 1 amide bonds. The van der Waals surface area contributed by atoms with Crippen molar-refractivity contribution in [3.05, 3.63) is 47.3 Å². The normalized spacial score (nSPS) is 17.1. The molecule has 33 heavy (non-hydrogen) atoms. The number of hydrogen-bond donors (Lipinski definition) is 1. The van der Waals surface area contributed by atoms with E-state index in [1.165, 1.54) is 18.3 Å². The summed E-state index contributed by atoms with van der Waals surface area (Å²) in [5.74, 6) is -0.00587. The Morgan fingerprint density at radius 1 is 1.30 bits per heavy atom. The van der Waals surface area contributed by atoms with E-state index in [9.17, 15) is 14.4 Å². The molecule has 12 heteroatoms. The predicted molar refractivity (Wildman–Crippen MR) is 121 cm³/mol. The standard InChI is InChI=1S/C21H18N6O4S2/c1-10(28)23-19(20-26-25-17(31-20)9-16-14(29)8-18(30)32-16)21-24-12-4-3-11(7-15(12)33-21)13-5-6-22-27(13)2/h3-7,16,19H,8-9H2,1-2H3,(H,23,28). The van der Waals surface area contributed by atoms with E-state index in [0.29, 0.717) is 5.01 Å². The number of nitrogens with one attached hydrogen (secondary N) is 1. The molecule has 0 spiro atoms. The number of nitrogens with zero attached hydrogens (tertiary/aromatic N) is 5. The van der Waals surface area contributed by atoms with E-state index < -0.39 is 11.3 Å². The third-order valence-electron chi connectivity index (χ3n) is 5.16. The van der Waals surface area contributed by atoms with Crippen molar-refractivity contribution in [2.75, 3.05) is 0 Å². The fourth-order valence-electron chi connectivity index (χ4n) is 3.62. The molecule has 2 atom stereocenters. The molecule has 1 aliphatic heterocycles. The van der Waals surface area contributed by atoms with Crippen LogP contribution in [-0.2, 0) is 27.9 Å². The van der Waals surface area contributed by atoms with Gasteiger partial charge in [0, 0.05) is 32.2 Å². The van der Waals surface area contributed by atoms with Gasteiger partial charge in [0.05, 0.1) is 27.6 Å². The number of amides is 1. The van der Waals surface area contributed by atoms with Gasteiger partial charge in [-0.05, 0) is 18.2 Å². The van der Waals surface area contributed by atoms with E-state index in [-0.39, 0.29) is 41.4 Å². The molecule has 1 aliphatic rings. The Balaban J connectivity index is 1.45. The number of Topliss-reactive ketones (excluding diaryl/α,β-unsaturated/α-hetero) is 1. The predicted octanol–water partition coefficient (Wildman–Crippen LogP) is 2.45. The second-order valence-electron chi connectivity index (χ2n) is 7.57. The Kier molecular flexibility index (Phi) is 5.54. The van der Waals surface area contributed by atoms with E-state index in [1.807, 2.05) is 31.3 Å². The lowest BCUT2D eigenvalue weighted by molar-refractivity contribution is -0.121. The second-order valence-corrected chi connectivity index (χ2v) is 9.89. The van der Waals surface area contributed by atoms with Crippen molar-refractivity contribution in [2.24, 2.45) is 7.05 Å². The topological polar surface area (TPSA) is 133 Å². The van der Waals surface area contributed by atoms with Gasteiger partial charge in [0.2, 0.25) is 17.7 Å². The van der Waals surface area contributed by atoms with Crippen molar-refractivity contribution in [3.63, 3.8) is 0 Å². The zero-order valence-electron chi connectivity index (χ0n) is 17.6. The number of rotatable bonds is 6. The molecule has 1 aromatic carbocycles. The summed E-state index contributed by atoms with van der Waals surface area (Å²) in [6.07, 6.45) is 1.84. The molecule has 0 bridgehead atoms. The average molecular weight is 483 g/mol. The molecule has 0 radical (unpaired) electrons. The number of aryl methyl sites for hydroxylation is 1. The maximum absolute atomic E-state index is 11.9. The third kappa shape index (κ3) is 4.31. The summed E-state index contributed by atoms with van der Waals surface area (Å²) in [5, 5.41) is 15.1. The van der Waals surface area contributed by atoms with Crippen LogP contribution >= 0.6 is 23.1 Å². The van der Waals surface area contributed by atoms with Gasteiger partial charge in [-0.25, -0.2) is 4.98 Å². The highest BCUT2D eigenvalue weighted by atomic mass is 32.2. The van der Waals surface area contributed by atoms with Crippen LogP contribution in [-0.4, -0.2) is 47.0 Å². The van der Waals surface area contributed by atoms with E-state index in [1.54, 1.807) is 10.9 Å². The van der Waals surface area contributed by atoms with Gasteiger partial charge in [-0.2, -0.15) is 5.10 Å². The van der Waals surface area contributed by atoms with Crippen LogP contribution in [0.25, 0.3) is 21.5 Å². The van der Waals surface area contributed by atoms with Gasteiger partial charge < -0.3 is 9.73 Å². The van der Waals surface area contributed by atoms with Crippen molar-refractivity contribution < 1.29 is 18.8 Å². The molecule has 0 aliphatic carbocycles. The number of fused-ring (bicyclic) bond motifs is 1. The molecule has 4 heterocycles. The number of ketones is 1. The van der Waals surface area contributed by atoms with Crippen LogP contribution in [0.4, 0.5) is 0 Å². The van der Waals surface area contributed by atoms with Crippen molar-refractivity contribution >= 4 is 50.1 Å². The Hall–Kier alpha value is -3.38. The van der Waals surface area contributed by atoms with E-state index in [2.05, 4.69) is 25.6 Å². The van der Waals surface area contributed by atoms with Crippen molar-refractivity contribution in [2.45, 2.75) is 31.1 Å². The molecule has 1 saturated heterocycles. The lowest BCUT2D eigenvalue weighted by atomic mass is 10.1. The van der Waals surface area contributed by atoms with Crippen LogP contribution in [0, 0.1) is 0 Å². The molecular formula is C21H18N6O4S2. The molecule has 0 saturated carbocycles. The summed E-state index contributed by atoms with van der Waals surface area (Å²) >= 11 is 2.41. The van der Waals surface area contributed by atoms with Crippen LogP contribution in [0.3, 0.4) is 0 Å². The number of carbonyl (C=O) groups is 3. The highest BCUT2D eigenvalue weighted by Crippen LogP contribution is 2.33. The molecule has 2 unspecified atom stereocenters. The summed E-state index contributed by atoms with van der Waals surface area (Å²) in [4.78, 5) is 40.0. The summed E-state index contributed by atoms with van der Waals surface area (Å²) in [6.45, 7) is 1.40. The zero-order valence-corrected chi connectivity index (χ0v) is 19.3. The van der Waals surface area contributed by atoms with Crippen LogP contribution in [0.5, 0.6) is 0 Å². The minimum Gasteiger partial charge on any atom is -0.422 e. The molecule has 4 aromatic rings. The van der Waals surface area contributed by atoms with Gasteiger partial charge in [0.15, 0.2) is 16.9 Å². The summed E-state index contributed by atoms with van der Waals surface area (Å²) in [7, 11) is 1.88. The van der Waals surface area contributed by atoms with Gasteiger partial charge in [0.25, 0.3) is 0 Å². The second kappa shape index (κ2) is 8.52. The van der Waals surface area contributed by atoms with Crippen LogP contribution in [0.1, 0.15) is 36.2 Å². The first-order valence-electron chi connectivity index (χ1n) is 10.1. The number of benzene rings is 1. The number of carbonyl (C=O) groups excluding carboxylic acids is 3. The largest absolute Gasteiger partial charge is 0.422 e. The minimum atomic E-state index is -0.727. The fourth-order valence-corrected chi connectivity index (χ4v) is 5.65. The fraction of sp³-hybridized carbons (Fsp3) is 0.286. The third-order valence-corrected chi connectivity index (χ3v) is 7.36. The first kappa shape index (κ1) is 21.5. The van der Waals surface area contributed by atoms with E-state index in [4.69, 9.17) is 4.42 Å². The SMILES string of the molecule is CC(=O)NC(c1nnc(CC2SC(=O)CC2=O)o1)c1nc2ccc(-c3ccnn3C)cc2s1. The van der Waals surface area contributed by atoms with Crippen LogP contribution < -0.4 is 5.32 Å². The summed E-state index contributed by atoms with van der Waals surface area (Å²) in [5.41, 5.74) is 2.76. The van der Waals surface area contributed by atoms with Gasteiger partial charge >= 0.3 is 0 Å². The van der Waals surface area contributed by atoms with Crippen molar-refractivity contribution in [1.29, 1.82) is 0 Å². The molecule has 10 nitrogen and oxygen atoms in total. The quantitative estimate of drug-likeness (QED) is 0.411. The number of hydrogen-bond acceptors (Lipinski definition) is 10. The average Bonchev–Trinajstić information content (AvgIpc) is 3.54. The molecule has 3 aromatic heterocycles. The Labute approximate surface area is 195 Å². The van der Waals surface area contributed by atoms with E-state index >= 15 is 0 Å². The zero-order chi connectivity index (χ0) is 23.1. The molecule has 5 rings (SSSR count). The van der Waals surface area contributed by atoms with Crippen molar-refractivity contribution in [3.8, 4) is 11.3 Å². The number of thioether (sulfide) groups is 1. The maximum Gasteiger partial charge on any atom is 0.245 e. The first-order valence-corrected chi connectivity index (χ1v) is 11.8. The van der Waals surface area contributed by atoms with Gasteiger partial charge in [-0.1, -0.05) is 17.8 Å². The Morgan fingerprint density at radius 2 is 2.15 bits per heavy atom. The minimum absolute atomic E-state index is 0.0721.